The van der Waals surface area contributed by atoms with Gasteiger partial charge in [-0.15, -0.1) is 0 Å². The second kappa shape index (κ2) is 17.3. The summed E-state index contributed by atoms with van der Waals surface area (Å²) < 4.78 is 49.5. The minimum atomic E-state index is -4.81. The SMILES string of the molecule is CCCCCCCCCCCCCCCCCNC(=O)C(CF)C(F)(F)F. The maximum absolute atomic E-state index is 12.4. The molecule has 0 aromatic carbocycles. The Hall–Kier alpha value is -0.810. The molecule has 0 aliphatic carbocycles. The molecule has 0 aromatic rings. The first-order valence-electron chi connectivity index (χ1n) is 10.8. The van der Waals surface area contributed by atoms with Crippen LogP contribution in [0.4, 0.5) is 17.6 Å². The quantitative estimate of drug-likeness (QED) is 0.194. The summed E-state index contributed by atoms with van der Waals surface area (Å²) in [7, 11) is 0. The van der Waals surface area contributed by atoms with Crippen molar-refractivity contribution in [1.29, 1.82) is 0 Å². The van der Waals surface area contributed by atoms with E-state index in [4.69, 9.17) is 0 Å². The highest BCUT2D eigenvalue weighted by Gasteiger charge is 2.44. The average Bonchev–Trinajstić information content (AvgIpc) is 2.60. The number of carbonyl (C=O) groups is 1. The summed E-state index contributed by atoms with van der Waals surface area (Å²) in [6.45, 7) is 0.720. The number of carbonyl (C=O) groups excluding carboxylic acids is 1. The van der Waals surface area contributed by atoms with Crippen LogP contribution in [0.1, 0.15) is 103 Å². The van der Waals surface area contributed by atoms with Crippen LogP contribution in [0.3, 0.4) is 0 Å². The molecule has 1 amide bonds. The number of hydrogen-bond acceptors (Lipinski definition) is 1. The monoisotopic (exact) mass is 397 g/mol. The van der Waals surface area contributed by atoms with E-state index >= 15 is 0 Å². The van der Waals surface area contributed by atoms with E-state index < -0.39 is 24.7 Å². The predicted molar refractivity (Wildman–Crippen MR) is 103 cm³/mol. The minimum absolute atomic E-state index is 0.184. The van der Waals surface area contributed by atoms with Crippen LogP contribution in [0, 0.1) is 5.92 Å². The van der Waals surface area contributed by atoms with E-state index in [2.05, 4.69) is 12.2 Å². The number of amides is 1. The normalized spacial score (nSPS) is 12.9. The Labute approximate surface area is 162 Å². The van der Waals surface area contributed by atoms with Gasteiger partial charge in [0.1, 0.15) is 6.67 Å². The molecule has 0 aliphatic heterocycles. The molecule has 0 aromatic heterocycles. The van der Waals surface area contributed by atoms with Crippen molar-refractivity contribution in [3.05, 3.63) is 0 Å². The maximum Gasteiger partial charge on any atom is 0.403 e. The molecule has 162 valence electrons. The first kappa shape index (κ1) is 26.2. The molecule has 0 saturated heterocycles. The molecule has 0 rings (SSSR count). The number of nitrogens with one attached hydrogen (secondary N) is 1. The van der Waals surface area contributed by atoms with Crippen molar-refractivity contribution in [3.8, 4) is 0 Å². The molecule has 0 fully saturated rings. The van der Waals surface area contributed by atoms with E-state index in [1.54, 1.807) is 0 Å². The molecule has 1 unspecified atom stereocenters. The molecule has 0 spiro atoms. The van der Waals surface area contributed by atoms with Crippen molar-refractivity contribution >= 4 is 5.91 Å². The first-order valence-corrected chi connectivity index (χ1v) is 10.8. The van der Waals surface area contributed by atoms with E-state index in [-0.39, 0.29) is 6.54 Å². The maximum atomic E-state index is 12.4. The van der Waals surface area contributed by atoms with E-state index in [9.17, 15) is 22.4 Å². The van der Waals surface area contributed by atoms with Gasteiger partial charge in [-0.25, -0.2) is 4.39 Å². The van der Waals surface area contributed by atoms with Crippen molar-refractivity contribution in [2.45, 2.75) is 109 Å². The van der Waals surface area contributed by atoms with Crippen LogP contribution in [0.15, 0.2) is 0 Å². The van der Waals surface area contributed by atoms with E-state index in [1.165, 1.54) is 70.6 Å². The van der Waals surface area contributed by atoms with Crippen LogP contribution in [0.2, 0.25) is 0 Å². The van der Waals surface area contributed by atoms with Crippen molar-refractivity contribution in [2.24, 2.45) is 5.92 Å². The zero-order valence-corrected chi connectivity index (χ0v) is 17.0. The van der Waals surface area contributed by atoms with Gasteiger partial charge in [-0.2, -0.15) is 13.2 Å². The Morgan fingerprint density at radius 2 is 1.11 bits per heavy atom. The van der Waals surface area contributed by atoms with Crippen molar-refractivity contribution in [1.82, 2.24) is 5.32 Å². The minimum Gasteiger partial charge on any atom is -0.355 e. The summed E-state index contributed by atoms with van der Waals surface area (Å²) in [6.07, 6.45) is 13.4. The summed E-state index contributed by atoms with van der Waals surface area (Å²) in [5.74, 6) is -3.79. The third kappa shape index (κ3) is 15.9. The second-order valence-corrected chi connectivity index (χ2v) is 7.49. The van der Waals surface area contributed by atoms with Gasteiger partial charge in [-0.3, -0.25) is 4.79 Å². The van der Waals surface area contributed by atoms with Gasteiger partial charge in [-0.05, 0) is 6.42 Å². The Morgan fingerprint density at radius 1 is 0.741 bits per heavy atom. The average molecular weight is 398 g/mol. The lowest BCUT2D eigenvalue weighted by Crippen LogP contribution is -2.41. The summed E-state index contributed by atoms with van der Waals surface area (Å²) in [4.78, 5) is 11.3. The smallest absolute Gasteiger partial charge is 0.355 e. The van der Waals surface area contributed by atoms with E-state index in [0.29, 0.717) is 6.42 Å². The zero-order chi connectivity index (χ0) is 20.4. The molecule has 0 heterocycles. The van der Waals surface area contributed by atoms with Gasteiger partial charge in [0.25, 0.3) is 0 Å². The molecule has 27 heavy (non-hydrogen) atoms. The van der Waals surface area contributed by atoms with Gasteiger partial charge in [0.05, 0.1) is 0 Å². The van der Waals surface area contributed by atoms with Gasteiger partial charge >= 0.3 is 6.18 Å². The molecule has 6 heteroatoms. The highest BCUT2D eigenvalue weighted by Crippen LogP contribution is 2.26. The third-order valence-electron chi connectivity index (χ3n) is 4.95. The Bertz CT molecular complexity index is 348. The Morgan fingerprint density at radius 3 is 1.44 bits per heavy atom. The Balaban J connectivity index is 3.33. The largest absolute Gasteiger partial charge is 0.403 e. The number of hydrogen-bond donors (Lipinski definition) is 1. The van der Waals surface area contributed by atoms with Gasteiger partial charge < -0.3 is 5.32 Å². The lowest BCUT2D eigenvalue weighted by atomic mass is 10.0. The third-order valence-corrected chi connectivity index (χ3v) is 4.95. The molecule has 2 nitrogen and oxygen atoms in total. The number of alkyl halides is 4. The molecular weight excluding hydrogens is 358 g/mol. The number of rotatable bonds is 18. The lowest BCUT2D eigenvalue weighted by Gasteiger charge is -2.16. The molecule has 1 atom stereocenters. The standard InChI is InChI=1S/C21H39F4NO/c1-2-3-4-5-6-7-8-9-10-11-12-13-14-15-16-17-26-20(27)19(18-22)21(23,24)25/h19H,2-18H2,1H3,(H,26,27). The molecule has 0 radical (unpaired) electrons. The van der Waals surface area contributed by atoms with Crippen molar-refractivity contribution in [2.75, 3.05) is 13.2 Å². The summed E-state index contributed by atoms with van der Waals surface area (Å²) in [5.41, 5.74) is 0. The summed E-state index contributed by atoms with van der Waals surface area (Å²) >= 11 is 0. The summed E-state index contributed by atoms with van der Waals surface area (Å²) in [6, 6.07) is 0. The van der Waals surface area contributed by atoms with Gasteiger partial charge in [0.2, 0.25) is 5.91 Å². The summed E-state index contributed by atoms with van der Waals surface area (Å²) in [5, 5.41) is 2.19. The zero-order valence-electron chi connectivity index (χ0n) is 17.0. The predicted octanol–water partition coefficient (Wildman–Crippen LogP) is 7.12. The molecular formula is C21H39F4NO. The van der Waals surface area contributed by atoms with Crippen molar-refractivity contribution < 1.29 is 22.4 Å². The van der Waals surface area contributed by atoms with Crippen LogP contribution in [-0.4, -0.2) is 25.3 Å². The molecule has 1 N–H and O–H groups in total. The Kier molecular flexibility index (Phi) is 16.8. The van der Waals surface area contributed by atoms with Gasteiger partial charge in [0.15, 0.2) is 5.92 Å². The lowest BCUT2D eigenvalue weighted by molar-refractivity contribution is -0.185. The van der Waals surface area contributed by atoms with Crippen molar-refractivity contribution in [3.63, 3.8) is 0 Å². The molecule has 0 bridgehead atoms. The first-order chi connectivity index (χ1) is 12.9. The van der Waals surface area contributed by atoms with Crippen LogP contribution >= 0.6 is 0 Å². The fourth-order valence-electron chi connectivity index (χ4n) is 3.14. The molecule has 0 aliphatic rings. The fourth-order valence-corrected chi connectivity index (χ4v) is 3.14. The van der Waals surface area contributed by atoms with Crippen LogP contribution in [-0.2, 0) is 4.79 Å². The van der Waals surface area contributed by atoms with Crippen LogP contribution < -0.4 is 5.32 Å². The van der Waals surface area contributed by atoms with E-state index in [0.717, 1.165) is 19.3 Å². The van der Waals surface area contributed by atoms with Gasteiger partial charge in [0, 0.05) is 6.54 Å². The van der Waals surface area contributed by atoms with Crippen LogP contribution in [0.5, 0.6) is 0 Å². The van der Waals surface area contributed by atoms with E-state index in [1.807, 2.05) is 0 Å². The molecule has 0 saturated carbocycles. The second-order valence-electron chi connectivity index (χ2n) is 7.49. The van der Waals surface area contributed by atoms with Crippen LogP contribution in [0.25, 0.3) is 0 Å². The highest BCUT2D eigenvalue weighted by atomic mass is 19.4. The fraction of sp³-hybridized carbons (Fsp3) is 0.952. The highest BCUT2D eigenvalue weighted by molar-refractivity contribution is 5.79. The number of unbranched alkanes of at least 4 members (excludes halogenated alkanes) is 14. The number of halogens is 4. The topological polar surface area (TPSA) is 29.1 Å². The van der Waals surface area contributed by atoms with Gasteiger partial charge in [-0.1, -0.05) is 96.8 Å².